The van der Waals surface area contributed by atoms with Gasteiger partial charge in [0.2, 0.25) is 11.7 Å². The molecule has 7 nitrogen and oxygen atoms in total. The number of pyridine rings is 1. The lowest BCUT2D eigenvalue weighted by Gasteiger charge is -2.14. The van der Waals surface area contributed by atoms with Gasteiger partial charge in [-0.1, -0.05) is 37.0 Å². The molecule has 11 heteroatoms. The molecule has 0 radical (unpaired) electrons. The van der Waals surface area contributed by atoms with Crippen LogP contribution in [-0.2, 0) is 19.1 Å². The fraction of sp³-hybridized carbons (Fsp3) is 0.467. The Balaban J connectivity index is 2.58. The highest BCUT2D eigenvalue weighted by Gasteiger charge is 2.37. The number of unbranched alkanes of at least 4 members (excludes halogenated alkanes) is 1. The van der Waals surface area contributed by atoms with Crippen molar-refractivity contribution in [3.8, 4) is 5.88 Å². The molecule has 0 spiro atoms. The van der Waals surface area contributed by atoms with Gasteiger partial charge in [-0.05, 0) is 6.42 Å². The summed E-state index contributed by atoms with van der Waals surface area (Å²) in [4.78, 5) is 11.9. The number of halogens is 4. The van der Waals surface area contributed by atoms with E-state index in [1.807, 2.05) is 6.92 Å². The Labute approximate surface area is 151 Å². The molecule has 0 amide bonds. The van der Waals surface area contributed by atoms with E-state index in [0.717, 1.165) is 4.57 Å². The molecule has 2 rings (SSSR count). The third-order valence-corrected chi connectivity index (χ3v) is 3.93. The number of nitrogens with zero attached hydrogens (tertiary/aromatic N) is 4. The molecule has 0 aliphatic rings. The minimum Gasteiger partial charge on any atom is -0.493 e. The summed E-state index contributed by atoms with van der Waals surface area (Å²) in [5.41, 5.74) is -3.26. The summed E-state index contributed by atoms with van der Waals surface area (Å²) in [5, 5.41) is 20.7. The third kappa shape index (κ3) is 4.06. The molecule has 2 aromatic heterocycles. The molecule has 1 N–H and O–H groups in total. The minimum absolute atomic E-state index is 0.0172. The summed E-state index contributed by atoms with van der Waals surface area (Å²) >= 11 is 5.94. The van der Waals surface area contributed by atoms with Gasteiger partial charge in [0.1, 0.15) is 5.02 Å². The molecule has 2 heterocycles. The van der Waals surface area contributed by atoms with E-state index in [0.29, 0.717) is 31.1 Å². The Kier molecular flexibility index (Phi) is 6.06. The maximum atomic E-state index is 13.2. The first-order valence-corrected chi connectivity index (χ1v) is 8.18. The number of hydrogen-bond acceptors (Lipinski definition) is 6. The zero-order valence-electron chi connectivity index (χ0n) is 14.0. The lowest BCUT2D eigenvalue weighted by atomic mass is 10.2. The van der Waals surface area contributed by atoms with Crippen molar-refractivity contribution in [3.05, 3.63) is 32.8 Å². The lowest BCUT2D eigenvalue weighted by molar-refractivity contribution is -0.137. The van der Waals surface area contributed by atoms with Crippen molar-refractivity contribution in [2.75, 3.05) is 0 Å². The molecular formula is C15H16ClF3N4O3. The van der Waals surface area contributed by atoms with Crippen molar-refractivity contribution in [1.82, 2.24) is 9.72 Å². The monoisotopic (exact) mass is 392 g/mol. The number of hydrogen-bond donors (Lipinski definition) is 1. The first-order valence-electron chi connectivity index (χ1n) is 7.80. The zero-order chi connectivity index (χ0) is 19.5. The summed E-state index contributed by atoms with van der Waals surface area (Å²) in [6.45, 7) is 3.63. The molecule has 2 aromatic rings. The predicted octanol–water partition coefficient (Wildman–Crippen LogP) is 4.99. The lowest BCUT2D eigenvalue weighted by Crippen LogP contribution is -2.22. The molecule has 142 valence electrons. The molecule has 0 unspecified atom stereocenters. The largest absolute Gasteiger partial charge is 0.493 e. The van der Waals surface area contributed by atoms with E-state index in [1.165, 1.54) is 0 Å². The van der Waals surface area contributed by atoms with E-state index in [1.54, 1.807) is 6.92 Å². The summed E-state index contributed by atoms with van der Waals surface area (Å²) in [5.74, 6) is -0.839. The molecule has 0 aliphatic heterocycles. The van der Waals surface area contributed by atoms with Gasteiger partial charge in [0.05, 0.1) is 5.56 Å². The molecule has 0 saturated heterocycles. The van der Waals surface area contributed by atoms with Crippen LogP contribution in [0.1, 0.15) is 38.0 Å². The third-order valence-electron chi connectivity index (χ3n) is 3.55. The van der Waals surface area contributed by atoms with Crippen LogP contribution < -0.4 is 5.56 Å². The standard InChI is InChI=1S/C15H16ClF3N4O3/c1-3-5-6-23-10(24)7-8(15(17,18)19)12(14(23)25)20-21-13-11(16)9(4-2)26-22-13/h7,25H,3-6H2,1-2H3. The molecular weight excluding hydrogens is 377 g/mol. The number of rotatable bonds is 6. The number of aromatic nitrogens is 2. The average Bonchev–Trinajstić information content (AvgIpc) is 2.92. The van der Waals surface area contributed by atoms with Gasteiger partial charge in [-0.3, -0.25) is 9.36 Å². The van der Waals surface area contributed by atoms with E-state index < -0.39 is 28.9 Å². The summed E-state index contributed by atoms with van der Waals surface area (Å²) < 4.78 is 45.4. The van der Waals surface area contributed by atoms with Gasteiger partial charge in [-0.2, -0.15) is 13.2 Å². The van der Waals surface area contributed by atoms with E-state index in [4.69, 9.17) is 16.1 Å². The molecule has 26 heavy (non-hydrogen) atoms. The Morgan fingerprint density at radius 3 is 2.58 bits per heavy atom. The van der Waals surface area contributed by atoms with Crippen LogP contribution in [0.5, 0.6) is 5.88 Å². The maximum Gasteiger partial charge on any atom is 0.418 e. The van der Waals surface area contributed by atoms with Crippen LogP contribution in [0.25, 0.3) is 0 Å². The molecule has 0 fully saturated rings. The fourth-order valence-corrected chi connectivity index (χ4v) is 2.39. The molecule has 0 saturated carbocycles. The van der Waals surface area contributed by atoms with Crippen LogP contribution in [-0.4, -0.2) is 14.8 Å². The Hall–Kier alpha value is -2.36. The Morgan fingerprint density at radius 1 is 1.35 bits per heavy atom. The van der Waals surface area contributed by atoms with Crippen molar-refractivity contribution in [2.45, 2.75) is 45.8 Å². The van der Waals surface area contributed by atoms with Gasteiger partial charge in [0, 0.05) is 19.0 Å². The number of aryl methyl sites for hydroxylation is 1. The number of alkyl halides is 3. The highest BCUT2D eigenvalue weighted by atomic mass is 35.5. The van der Waals surface area contributed by atoms with Gasteiger partial charge >= 0.3 is 6.18 Å². The van der Waals surface area contributed by atoms with Gasteiger partial charge in [0.15, 0.2) is 11.4 Å². The molecule has 0 aromatic carbocycles. The first-order chi connectivity index (χ1) is 12.2. The predicted molar refractivity (Wildman–Crippen MR) is 87.3 cm³/mol. The minimum atomic E-state index is -4.91. The number of azo groups is 1. The van der Waals surface area contributed by atoms with Crippen LogP contribution in [0.4, 0.5) is 24.7 Å². The second-order valence-electron chi connectivity index (χ2n) is 5.37. The van der Waals surface area contributed by atoms with Crippen LogP contribution in [0.3, 0.4) is 0 Å². The second kappa shape index (κ2) is 7.90. The van der Waals surface area contributed by atoms with Crippen molar-refractivity contribution in [3.63, 3.8) is 0 Å². The first kappa shape index (κ1) is 20.0. The van der Waals surface area contributed by atoms with Crippen molar-refractivity contribution in [2.24, 2.45) is 10.2 Å². The zero-order valence-corrected chi connectivity index (χ0v) is 14.7. The summed E-state index contributed by atoms with van der Waals surface area (Å²) in [6, 6.07) is 0.381. The normalized spacial score (nSPS) is 12.2. The van der Waals surface area contributed by atoms with Crippen molar-refractivity contribution < 1.29 is 22.8 Å². The Morgan fingerprint density at radius 2 is 2.04 bits per heavy atom. The molecule has 0 bridgehead atoms. The van der Waals surface area contributed by atoms with Gasteiger partial charge < -0.3 is 9.63 Å². The van der Waals surface area contributed by atoms with Crippen LogP contribution in [0, 0.1) is 0 Å². The van der Waals surface area contributed by atoms with Crippen molar-refractivity contribution >= 4 is 23.1 Å². The van der Waals surface area contributed by atoms with Gasteiger partial charge in [0.25, 0.3) is 5.56 Å². The van der Waals surface area contributed by atoms with Crippen molar-refractivity contribution in [1.29, 1.82) is 0 Å². The topological polar surface area (TPSA) is 93.0 Å². The van der Waals surface area contributed by atoms with Crippen LogP contribution in [0.15, 0.2) is 25.6 Å². The van der Waals surface area contributed by atoms with E-state index >= 15 is 0 Å². The second-order valence-corrected chi connectivity index (χ2v) is 5.75. The average molecular weight is 393 g/mol. The smallest absolute Gasteiger partial charge is 0.418 e. The highest BCUT2D eigenvalue weighted by molar-refractivity contribution is 6.33. The van der Waals surface area contributed by atoms with Gasteiger partial charge in [-0.25, -0.2) is 0 Å². The molecule has 0 atom stereocenters. The summed E-state index contributed by atoms with van der Waals surface area (Å²) in [7, 11) is 0. The Bertz CT molecular complexity index is 874. The molecule has 0 aliphatic carbocycles. The van der Waals surface area contributed by atoms with Crippen LogP contribution >= 0.6 is 11.6 Å². The highest BCUT2D eigenvalue weighted by Crippen LogP contribution is 2.41. The number of aromatic hydroxyl groups is 1. The van der Waals surface area contributed by atoms with E-state index in [9.17, 15) is 23.1 Å². The SMILES string of the molecule is CCCCn1c(O)c(N=Nc2noc(CC)c2Cl)c(C(F)(F)F)cc1=O. The fourth-order valence-electron chi connectivity index (χ4n) is 2.15. The van der Waals surface area contributed by atoms with E-state index in [-0.39, 0.29) is 17.4 Å². The maximum absolute atomic E-state index is 13.2. The quantitative estimate of drug-likeness (QED) is 0.700. The summed E-state index contributed by atoms with van der Waals surface area (Å²) in [6.07, 6.45) is -3.33. The van der Waals surface area contributed by atoms with Gasteiger partial charge in [-0.15, -0.1) is 10.2 Å². The van der Waals surface area contributed by atoms with E-state index in [2.05, 4.69) is 15.4 Å². The van der Waals surface area contributed by atoms with Crippen LogP contribution in [0.2, 0.25) is 5.02 Å².